The fraction of sp³-hybridized carbons (Fsp3) is 0.929. The van der Waals surface area contributed by atoms with Crippen LogP contribution in [0.25, 0.3) is 0 Å². The number of alkyl halides is 1. The van der Waals surface area contributed by atoms with E-state index in [0.717, 1.165) is 52.1 Å². The molecular weight excluding hydrogens is 369 g/mol. The summed E-state index contributed by atoms with van der Waals surface area (Å²) in [7, 11) is 2.13. The summed E-state index contributed by atoms with van der Waals surface area (Å²) in [5, 5.41) is 10.6. The second-order valence-corrected chi connectivity index (χ2v) is 9.23. The molecule has 5 nitrogen and oxygen atoms in total. The number of aliphatic hydroxyl groups is 1. The summed E-state index contributed by atoms with van der Waals surface area (Å²) in [6.45, 7) is 5.97. The summed E-state index contributed by atoms with van der Waals surface area (Å²) in [6.07, 6.45) is 1.84. The van der Waals surface area contributed by atoms with Gasteiger partial charge in [0.15, 0.2) is 0 Å². The fourth-order valence-corrected chi connectivity index (χ4v) is 5.32. The van der Waals surface area contributed by atoms with Gasteiger partial charge >= 0.3 is 132 Å². The third-order valence-corrected chi connectivity index (χ3v) is 7.30. The molecule has 0 aromatic carbocycles. The number of nitrogens with zero attached hydrogens (tertiary/aromatic N) is 3. The van der Waals surface area contributed by atoms with Crippen LogP contribution in [-0.2, 0) is 4.79 Å². The van der Waals surface area contributed by atoms with Crippen LogP contribution < -0.4 is 21.5 Å². The monoisotopic (exact) mass is 394 g/mol. The average Bonchev–Trinajstić information content (AvgIpc) is 2.32. The van der Waals surface area contributed by atoms with Gasteiger partial charge in [0.05, 0.1) is 0 Å². The number of hydrogen-bond acceptors (Lipinski definition) is 4. The van der Waals surface area contributed by atoms with Gasteiger partial charge in [0.25, 0.3) is 0 Å². The summed E-state index contributed by atoms with van der Waals surface area (Å²) in [4.78, 5) is 18.8. The first-order valence-electron chi connectivity index (χ1n) is 7.37. The van der Waals surface area contributed by atoms with Crippen molar-refractivity contribution in [3.8, 4) is 0 Å². The van der Waals surface area contributed by atoms with E-state index in [1.165, 1.54) is 0 Å². The minimum absolute atomic E-state index is 0.128. The zero-order valence-corrected chi connectivity index (χ0v) is 14.6. The van der Waals surface area contributed by atoms with Crippen molar-refractivity contribution < 1.29 is 31.4 Å². The van der Waals surface area contributed by atoms with E-state index in [0.29, 0.717) is 11.8 Å². The Morgan fingerprint density at radius 1 is 1.20 bits per heavy atom. The molecule has 3 aliphatic heterocycles. The molecule has 0 atom stereocenters. The van der Waals surface area contributed by atoms with Gasteiger partial charge in [0.1, 0.15) is 0 Å². The standard InChI is InChI=1S/C14H25IN3O2/c1-15-18-5-3-14(20,4-6-18)7-12(19)17-10-13(11-17)8-16(2)9-13/h20H,3-11H2,1-2H3/q-1. The van der Waals surface area contributed by atoms with Crippen LogP contribution in [0.15, 0.2) is 0 Å². The Hall–Kier alpha value is 0.0800. The Labute approximate surface area is 131 Å². The molecule has 6 heteroatoms. The third kappa shape index (κ3) is 2.84. The normalized spacial score (nSPS) is 29.2. The molecule has 0 bridgehead atoms. The van der Waals surface area contributed by atoms with Crippen molar-refractivity contribution in [2.45, 2.75) is 24.9 Å². The van der Waals surface area contributed by atoms with E-state index in [1.54, 1.807) is 0 Å². The molecule has 3 fully saturated rings. The van der Waals surface area contributed by atoms with E-state index in [-0.39, 0.29) is 27.4 Å². The average molecular weight is 394 g/mol. The van der Waals surface area contributed by atoms with Crippen LogP contribution in [0.3, 0.4) is 0 Å². The number of rotatable bonds is 3. The van der Waals surface area contributed by atoms with Gasteiger partial charge in [-0.15, -0.1) is 0 Å². The predicted octanol–water partition coefficient (Wildman–Crippen LogP) is -3.39. The maximum atomic E-state index is 12.3. The van der Waals surface area contributed by atoms with Crippen LogP contribution in [0, 0.1) is 5.41 Å². The van der Waals surface area contributed by atoms with Gasteiger partial charge in [-0.2, -0.15) is 0 Å². The van der Waals surface area contributed by atoms with E-state index in [1.807, 2.05) is 4.90 Å². The molecule has 0 aromatic heterocycles. The van der Waals surface area contributed by atoms with Crippen molar-refractivity contribution >= 4 is 5.91 Å². The van der Waals surface area contributed by atoms with Gasteiger partial charge in [0.2, 0.25) is 0 Å². The van der Waals surface area contributed by atoms with E-state index in [2.05, 4.69) is 20.0 Å². The van der Waals surface area contributed by atoms with Gasteiger partial charge in [-0.25, -0.2) is 0 Å². The molecule has 3 saturated heterocycles. The van der Waals surface area contributed by atoms with Crippen molar-refractivity contribution in [3.05, 3.63) is 0 Å². The van der Waals surface area contributed by atoms with Gasteiger partial charge in [-0.1, -0.05) is 0 Å². The van der Waals surface area contributed by atoms with Crippen molar-refractivity contribution in [2.24, 2.45) is 5.41 Å². The Morgan fingerprint density at radius 3 is 2.30 bits per heavy atom. The van der Waals surface area contributed by atoms with Crippen molar-refractivity contribution in [2.75, 3.05) is 51.2 Å². The molecule has 3 aliphatic rings. The van der Waals surface area contributed by atoms with E-state index in [9.17, 15) is 9.90 Å². The molecule has 1 N–H and O–H groups in total. The first kappa shape index (κ1) is 15.0. The SMILES string of the molecule is C[I-]N1CCC(O)(CC(=O)N2CC3(CN(C)C3)C2)CC1. The van der Waals surface area contributed by atoms with Crippen molar-refractivity contribution in [3.63, 3.8) is 0 Å². The predicted molar refractivity (Wildman–Crippen MR) is 72.8 cm³/mol. The topological polar surface area (TPSA) is 47.0 Å². The molecule has 3 rings (SSSR count). The number of hydrogen-bond donors (Lipinski definition) is 1. The van der Waals surface area contributed by atoms with Crippen LogP contribution in [0.4, 0.5) is 0 Å². The molecule has 116 valence electrons. The number of halogens is 1. The van der Waals surface area contributed by atoms with Gasteiger partial charge in [-0.05, 0) is 0 Å². The zero-order chi connectivity index (χ0) is 14.4. The van der Waals surface area contributed by atoms with Crippen LogP contribution in [0.1, 0.15) is 19.3 Å². The van der Waals surface area contributed by atoms with Gasteiger partial charge in [0, 0.05) is 0 Å². The fourth-order valence-electron chi connectivity index (χ4n) is 3.87. The molecule has 1 amide bonds. The molecule has 3 heterocycles. The molecule has 0 radical (unpaired) electrons. The zero-order valence-electron chi connectivity index (χ0n) is 12.4. The van der Waals surface area contributed by atoms with Crippen LogP contribution in [0.5, 0.6) is 0 Å². The minimum atomic E-state index is -0.744. The van der Waals surface area contributed by atoms with Gasteiger partial charge < -0.3 is 0 Å². The molecule has 0 aromatic rings. The van der Waals surface area contributed by atoms with Crippen LogP contribution >= 0.6 is 0 Å². The Kier molecular flexibility index (Phi) is 4.03. The second-order valence-electron chi connectivity index (χ2n) is 6.90. The quantitative estimate of drug-likeness (QED) is 0.308. The number of amides is 1. The van der Waals surface area contributed by atoms with E-state index >= 15 is 0 Å². The Bertz CT molecular complexity index is 382. The molecular formula is C14H25IN3O2-. The van der Waals surface area contributed by atoms with Crippen LogP contribution in [-0.4, -0.2) is 80.8 Å². The first-order chi connectivity index (χ1) is 9.44. The second kappa shape index (κ2) is 5.37. The summed E-state index contributed by atoms with van der Waals surface area (Å²) in [5.41, 5.74) is -0.352. The Morgan fingerprint density at radius 2 is 1.80 bits per heavy atom. The first-order valence-corrected chi connectivity index (χ1v) is 10.5. The maximum absolute atomic E-state index is 12.3. The molecule has 0 unspecified atom stereocenters. The number of likely N-dealkylation sites (tertiary alicyclic amines) is 2. The summed E-state index contributed by atoms with van der Waals surface area (Å²) >= 11 is 0.128. The molecule has 1 spiro atoms. The molecule has 0 saturated carbocycles. The third-order valence-electron chi connectivity index (χ3n) is 4.97. The van der Waals surface area contributed by atoms with Crippen LogP contribution in [0.2, 0.25) is 0 Å². The number of carbonyl (C=O) groups is 1. The van der Waals surface area contributed by atoms with Crippen molar-refractivity contribution in [1.82, 2.24) is 12.9 Å². The number of piperidine rings is 1. The molecule has 0 aliphatic carbocycles. The summed E-state index contributed by atoms with van der Waals surface area (Å²) in [6, 6.07) is 0. The summed E-state index contributed by atoms with van der Waals surface area (Å²) < 4.78 is 2.45. The van der Waals surface area contributed by atoms with Gasteiger partial charge in [-0.3, -0.25) is 0 Å². The van der Waals surface area contributed by atoms with E-state index < -0.39 is 5.60 Å². The van der Waals surface area contributed by atoms with Crippen molar-refractivity contribution in [1.29, 1.82) is 0 Å². The molecule has 20 heavy (non-hydrogen) atoms. The summed E-state index contributed by atoms with van der Waals surface area (Å²) in [5.74, 6) is 0.160. The number of carbonyl (C=O) groups excluding carboxylic acids is 1. The Balaban J connectivity index is 1.45. The van der Waals surface area contributed by atoms with E-state index in [4.69, 9.17) is 0 Å².